The van der Waals surface area contributed by atoms with E-state index in [0.717, 1.165) is 4.47 Å². The Morgan fingerprint density at radius 1 is 0.920 bits per heavy atom. The van der Waals surface area contributed by atoms with Crippen LogP contribution in [0.3, 0.4) is 0 Å². The summed E-state index contributed by atoms with van der Waals surface area (Å²) in [5, 5.41) is 12.8. The zero-order valence-corrected chi connectivity index (χ0v) is 14.9. The summed E-state index contributed by atoms with van der Waals surface area (Å²) in [7, 11) is 0. The molecule has 3 N–H and O–H groups in total. The van der Waals surface area contributed by atoms with E-state index in [1.165, 1.54) is 24.3 Å². The Bertz CT molecular complexity index is 824. The van der Waals surface area contributed by atoms with E-state index in [0.29, 0.717) is 5.56 Å². The van der Waals surface area contributed by atoms with E-state index in [9.17, 15) is 19.7 Å². The molecule has 10 heteroatoms. The zero-order chi connectivity index (χ0) is 18.4. The monoisotopic (exact) mass is 422 g/mol. The smallest absolute Gasteiger partial charge is 0.269 e. The minimum atomic E-state index is -0.565. The van der Waals surface area contributed by atoms with Crippen molar-refractivity contribution in [3.05, 3.63) is 74.2 Å². The van der Waals surface area contributed by atoms with Crippen molar-refractivity contribution in [1.29, 1.82) is 0 Å². The molecule has 0 aromatic heterocycles. The topological polar surface area (TPSA) is 113 Å². The average molecular weight is 423 g/mol. The number of rotatable bonds is 3. The van der Waals surface area contributed by atoms with Crippen LogP contribution in [-0.4, -0.2) is 21.9 Å². The average Bonchev–Trinajstić information content (AvgIpc) is 2.60. The zero-order valence-electron chi connectivity index (χ0n) is 12.5. The van der Waals surface area contributed by atoms with Crippen molar-refractivity contribution in [2.75, 3.05) is 0 Å². The summed E-state index contributed by atoms with van der Waals surface area (Å²) in [6, 6.07) is 11.7. The number of nitro groups is 1. The van der Waals surface area contributed by atoms with Crippen molar-refractivity contribution in [2.24, 2.45) is 0 Å². The van der Waals surface area contributed by atoms with Crippen LogP contribution in [0.4, 0.5) is 5.69 Å². The van der Waals surface area contributed by atoms with Crippen LogP contribution in [-0.2, 0) is 0 Å². The molecule has 2 amide bonds. The lowest BCUT2D eigenvalue weighted by molar-refractivity contribution is -0.384. The van der Waals surface area contributed by atoms with Gasteiger partial charge in [-0.15, -0.1) is 0 Å². The summed E-state index contributed by atoms with van der Waals surface area (Å²) in [5.74, 6) is -0.996. The summed E-state index contributed by atoms with van der Waals surface area (Å²) in [4.78, 5) is 33.9. The van der Waals surface area contributed by atoms with Crippen LogP contribution < -0.4 is 16.2 Å². The predicted molar refractivity (Wildman–Crippen MR) is 97.9 cm³/mol. The van der Waals surface area contributed by atoms with Gasteiger partial charge in [0.2, 0.25) is 0 Å². The van der Waals surface area contributed by atoms with Crippen molar-refractivity contribution < 1.29 is 14.5 Å². The van der Waals surface area contributed by atoms with Gasteiger partial charge in [0.15, 0.2) is 5.11 Å². The van der Waals surface area contributed by atoms with E-state index in [1.807, 2.05) is 0 Å². The molecule has 8 nitrogen and oxygen atoms in total. The Morgan fingerprint density at radius 2 is 1.44 bits per heavy atom. The van der Waals surface area contributed by atoms with Crippen molar-refractivity contribution >= 4 is 50.8 Å². The molecule has 0 saturated carbocycles. The molecule has 0 aliphatic carbocycles. The normalized spacial score (nSPS) is 9.80. The lowest BCUT2D eigenvalue weighted by Crippen LogP contribution is -2.48. The molecule has 0 spiro atoms. The lowest BCUT2D eigenvalue weighted by Gasteiger charge is -2.10. The number of nitrogens with zero attached hydrogens (tertiary/aromatic N) is 1. The van der Waals surface area contributed by atoms with Crippen LogP contribution in [0.1, 0.15) is 20.7 Å². The molecule has 2 rings (SSSR count). The molecular formula is C15H11BrN4O4S. The van der Waals surface area contributed by atoms with Crippen LogP contribution >= 0.6 is 28.1 Å². The highest BCUT2D eigenvalue weighted by Crippen LogP contribution is 2.12. The number of amides is 2. The number of hydrogen-bond donors (Lipinski definition) is 3. The Labute approximate surface area is 155 Å². The number of nitro benzene ring substituents is 1. The number of halogens is 1. The van der Waals surface area contributed by atoms with Gasteiger partial charge in [-0.1, -0.05) is 15.9 Å². The second kappa shape index (κ2) is 8.31. The van der Waals surface area contributed by atoms with E-state index in [-0.39, 0.29) is 16.4 Å². The minimum Gasteiger partial charge on any atom is -0.298 e. The number of thiocarbonyl (C=S) groups is 1. The van der Waals surface area contributed by atoms with Crippen molar-refractivity contribution in [3.63, 3.8) is 0 Å². The van der Waals surface area contributed by atoms with Crippen molar-refractivity contribution in [1.82, 2.24) is 16.2 Å². The molecular weight excluding hydrogens is 412 g/mol. The van der Waals surface area contributed by atoms with Crippen LogP contribution in [0.5, 0.6) is 0 Å². The van der Waals surface area contributed by atoms with E-state index in [1.54, 1.807) is 24.3 Å². The molecule has 0 aliphatic rings. The first-order chi connectivity index (χ1) is 11.9. The van der Waals surface area contributed by atoms with Gasteiger partial charge in [-0.05, 0) is 48.6 Å². The molecule has 2 aromatic carbocycles. The van der Waals surface area contributed by atoms with Gasteiger partial charge in [0, 0.05) is 27.7 Å². The maximum absolute atomic E-state index is 12.0. The standard InChI is InChI=1S/C15H11BrN4O4S/c16-11-5-1-10(2-6-11)14(22)18-19-15(25)17-13(21)9-3-7-12(8-4-9)20(23)24/h1-8H,(H,18,22)(H2,17,19,21,25). The number of nitrogens with one attached hydrogen (secondary N) is 3. The molecule has 0 bridgehead atoms. The van der Waals surface area contributed by atoms with Crippen LogP contribution in [0.15, 0.2) is 53.0 Å². The maximum Gasteiger partial charge on any atom is 0.269 e. The van der Waals surface area contributed by atoms with Gasteiger partial charge in [0.05, 0.1) is 4.92 Å². The van der Waals surface area contributed by atoms with E-state index in [4.69, 9.17) is 12.2 Å². The third kappa shape index (κ3) is 5.33. The Hall–Kier alpha value is -2.85. The highest BCUT2D eigenvalue weighted by Gasteiger charge is 2.11. The molecule has 0 saturated heterocycles. The Kier molecular flexibility index (Phi) is 6.14. The van der Waals surface area contributed by atoms with Crippen molar-refractivity contribution in [2.45, 2.75) is 0 Å². The number of hydrazine groups is 1. The first kappa shape index (κ1) is 18.5. The van der Waals surface area contributed by atoms with Gasteiger partial charge >= 0.3 is 0 Å². The number of carbonyl (C=O) groups is 2. The second-order valence-electron chi connectivity index (χ2n) is 4.67. The number of non-ortho nitro benzene ring substituents is 1. The van der Waals surface area contributed by atoms with Crippen molar-refractivity contribution in [3.8, 4) is 0 Å². The fraction of sp³-hybridized carbons (Fsp3) is 0. The number of benzene rings is 2. The molecule has 25 heavy (non-hydrogen) atoms. The van der Waals surface area contributed by atoms with E-state index >= 15 is 0 Å². The van der Waals surface area contributed by atoms with Crippen LogP contribution in [0.2, 0.25) is 0 Å². The minimum absolute atomic E-state index is 0.117. The van der Waals surface area contributed by atoms with Gasteiger partial charge in [-0.3, -0.25) is 35.9 Å². The first-order valence-electron chi connectivity index (χ1n) is 6.78. The molecule has 0 heterocycles. The summed E-state index contributed by atoms with van der Waals surface area (Å²) in [6.07, 6.45) is 0. The molecule has 0 radical (unpaired) electrons. The third-order valence-electron chi connectivity index (χ3n) is 2.96. The molecule has 2 aromatic rings. The predicted octanol–water partition coefficient (Wildman–Crippen LogP) is 2.31. The van der Waals surface area contributed by atoms with Gasteiger partial charge < -0.3 is 0 Å². The highest BCUT2D eigenvalue weighted by atomic mass is 79.9. The van der Waals surface area contributed by atoms with E-state index in [2.05, 4.69) is 32.1 Å². The third-order valence-corrected chi connectivity index (χ3v) is 3.70. The quantitative estimate of drug-likeness (QED) is 0.397. The van der Waals surface area contributed by atoms with Gasteiger partial charge in [-0.2, -0.15) is 0 Å². The lowest BCUT2D eigenvalue weighted by atomic mass is 10.2. The van der Waals surface area contributed by atoms with Gasteiger partial charge in [0.1, 0.15) is 0 Å². The highest BCUT2D eigenvalue weighted by molar-refractivity contribution is 9.10. The SMILES string of the molecule is O=C(NNC(=S)NC(=O)c1ccc([N+](=O)[O-])cc1)c1ccc(Br)cc1. The van der Waals surface area contributed by atoms with E-state index < -0.39 is 16.7 Å². The molecule has 0 atom stereocenters. The number of carbonyl (C=O) groups excluding carboxylic acids is 2. The maximum atomic E-state index is 12.0. The van der Waals surface area contributed by atoms with Crippen LogP contribution in [0.25, 0.3) is 0 Å². The molecule has 0 unspecified atom stereocenters. The Balaban J connectivity index is 1.86. The summed E-state index contributed by atoms with van der Waals surface area (Å²) in [5.41, 5.74) is 5.22. The first-order valence-corrected chi connectivity index (χ1v) is 7.98. The molecule has 0 fully saturated rings. The summed E-state index contributed by atoms with van der Waals surface area (Å²) in [6.45, 7) is 0. The fourth-order valence-corrected chi connectivity index (χ4v) is 2.14. The fourth-order valence-electron chi connectivity index (χ4n) is 1.73. The number of hydrogen-bond acceptors (Lipinski definition) is 5. The van der Waals surface area contributed by atoms with Crippen LogP contribution in [0, 0.1) is 10.1 Å². The molecule has 128 valence electrons. The van der Waals surface area contributed by atoms with Gasteiger partial charge in [-0.25, -0.2) is 0 Å². The van der Waals surface area contributed by atoms with Gasteiger partial charge in [0.25, 0.3) is 17.5 Å². The largest absolute Gasteiger partial charge is 0.298 e. The second-order valence-corrected chi connectivity index (χ2v) is 6.00. The molecule has 0 aliphatic heterocycles. The summed E-state index contributed by atoms with van der Waals surface area (Å²) >= 11 is 8.18. The Morgan fingerprint density at radius 3 is 2.00 bits per heavy atom. The summed E-state index contributed by atoms with van der Waals surface area (Å²) < 4.78 is 0.836.